The van der Waals surface area contributed by atoms with Crippen LogP contribution in [0.2, 0.25) is 10.0 Å². The van der Waals surface area contributed by atoms with Crippen molar-refractivity contribution in [2.75, 3.05) is 10.8 Å². The summed E-state index contributed by atoms with van der Waals surface area (Å²) in [7, 11) is -4.22. The fourth-order valence-electron chi connectivity index (χ4n) is 4.30. The molecule has 0 bridgehead atoms. The Morgan fingerprint density at radius 1 is 0.950 bits per heavy atom. The van der Waals surface area contributed by atoms with Crippen LogP contribution in [-0.2, 0) is 26.2 Å². The molecule has 0 aromatic heterocycles. The number of benzene rings is 3. The second-order valence-corrected chi connectivity index (χ2v) is 13.3. The molecule has 214 valence electrons. The molecule has 3 rings (SSSR count). The molecule has 0 unspecified atom stereocenters. The maximum Gasteiger partial charge on any atom is 0.264 e. The molecule has 0 aliphatic heterocycles. The van der Waals surface area contributed by atoms with Crippen molar-refractivity contribution in [1.82, 2.24) is 10.2 Å². The van der Waals surface area contributed by atoms with Crippen molar-refractivity contribution in [3.63, 3.8) is 0 Å². The van der Waals surface area contributed by atoms with E-state index in [2.05, 4.69) is 5.32 Å². The molecular formula is C30H35Cl2N3O4S. The minimum Gasteiger partial charge on any atom is -0.350 e. The molecule has 7 nitrogen and oxygen atoms in total. The predicted molar refractivity (Wildman–Crippen MR) is 161 cm³/mol. The first-order valence-electron chi connectivity index (χ1n) is 12.9. The van der Waals surface area contributed by atoms with Crippen molar-refractivity contribution < 1.29 is 18.0 Å². The average Bonchev–Trinajstić information content (AvgIpc) is 2.87. The number of carbonyl (C=O) groups is 2. The van der Waals surface area contributed by atoms with Crippen LogP contribution in [0.25, 0.3) is 0 Å². The number of aryl methyl sites for hydroxylation is 1. The van der Waals surface area contributed by atoms with Crippen molar-refractivity contribution in [1.29, 1.82) is 0 Å². The fraction of sp³-hybridized carbons (Fsp3) is 0.333. The molecule has 0 heterocycles. The Labute approximate surface area is 247 Å². The highest BCUT2D eigenvalue weighted by atomic mass is 35.5. The van der Waals surface area contributed by atoms with Crippen molar-refractivity contribution in [3.8, 4) is 0 Å². The third kappa shape index (κ3) is 7.99. The standard InChI is InChI=1S/C30H35Cl2N3O4S/c1-6-26(29(37)33-30(3,4)5)34(19-22-12-10-11-21(2)17-22)28(36)20-35(27-16-15-23(31)18-25(27)32)40(38,39)24-13-8-7-9-14-24/h7-18,26H,6,19-20H2,1-5H3,(H,33,37)/t26-/m0/s1. The molecule has 3 aromatic carbocycles. The molecule has 2 amide bonds. The van der Waals surface area contributed by atoms with E-state index >= 15 is 0 Å². The molecule has 1 atom stereocenters. The number of halogens is 2. The van der Waals surface area contributed by atoms with E-state index in [9.17, 15) is 18.0 Å². The number of hydrogen-bond acceptors (Lipinski definition) is 4. The molecule has 0 saturated carbocycles. The van der Waals surface area contributed by atoms with Crippen molar-refractivity contribution in [3.05, 3.63) is 94.0 Å². The first kappa shape index (κ1) is 31.5. The van der Waals surface area contributed by atoms with Gasteiger partial charge in [0.2, 0.25) is 11.8 Å². The summed E-state index contributed by atoms with van der Waals surface area (Å²) in [6.45, 7) is 8.88. The maximum atomic E-state index is 14.1. The molecule has 0 radical (unpaired) electrons. The first-order chi connectivity index (χ1) is 18.7. The van der Waals surface area contributed by atoms with Gasteiger partial charge in [-0.15, -0.1) is 0 Å². The number of nitrogens with zero attached hydrogens (tertiary/aromatic N) is 2. The Morgan fingerprint density at radius 3 is 2.20 bits per heavy atom. The number of hydrogen-bond donors (Lipinski definition) is 1. The van der Waals surface area contributed by atoms with Crippen LogP contribution >= 0.6 is 23.2 Å². The number of anilines is 1. The van der Waals surface area contributed by atoms with Gasteiger partial charge in [-0.05, 0) is 70.0 Å². The van der Waals surface area contributed by atoms with E-state index in [0.717, 1.165) is 15.4 Å². The van der Waals surface area contributed by atoms with Gasteiger partial charge in [-0.25, -0.2) is 8.42 Å². The molecule has 40 heavy (non-hydrogen) atoms. The normalized spacial score (nSPS) is 12.5. The molecule has 0 spiro atoms. The molecule has 3 aromatic rings. The van der Waals surface area contributed by atoms with E-state index in [1.165, 1.54) is 35.2 Å². The minimum atomic E-state index is -4.22. The van der Waals surface area contributed by atoms with Crippen molar-refractivity contribution in [2.45, 2.75) is 64.1 Å². The Morgan fingerprint density at radius 2 is 1.62 bits per heavy atom. The highest BCUT2D eigenvalue weighted by molar-refractivity contribution is 7.92. The molecule has 1 N–H and O–H groups in total. The van der Waals surface area contributed by atoms with E-state index in [4.69, 9.17) is 23.2 Å². The van der Waals surface area contributed by atoms with E-state index in [1.54, 1.807) is 18.2 Å². The van der Waals surface area contributed by atoms with Gasteiger partial charge in [0.15, 0.2) is 0 Å². The number of amides is 2. The van der Waals surface area contributed by atoms with E-state index in [-0.39, 0.29) is 28.1 Å². The molecule has 0 aliphatic carbocycles. The summed E-state index contributed by atoms with van der Waals surface area (Å²) < 4.78 is 28.7. The van der Waals surface area contributed by atoms with Crippen LogP contribution in [0.1, 0.15) is 45.2 Å². The zero-order chi connectivity index (χ0) is 29.7. The average molecular weight is 605 g/mol. The van der Waals surface area contributed by atoms with Crippen LogP contribution in [0, 0.1) is 6.92 Å². The van der Waals surface area contributed by atoms with Crippen molar-refractivity contribution in [2.24, 2.45) is 0 Å². The monoisotopic (exact) mass is 603 g/mol. The van der Waals surface area contributed by atoms with Gasteiger partial charge in [-0.2, -0.15) is 0 Å². The summed E-state index contributed by atoms with van der Waals surface area (Å²) in [5.74, 6) is -0.874. The van der Waals surface area contributed by atoms with E-state index in [1.807, 2.05) is 58.9 Å². The second-order valence-electron chi connectivity index (χ2n) is 10.6. The lowest BCUT2D eigenvalue weighted by Crippen LogP contribution is -2.55. The quantitative estimate of drug-likeness (QED) is 0.298. The van der Waals surface area contributed by atoms with Gasteiger partial charge in [-0.3, -0.25) is 13.9 Å². The SMILES string of the molecule is CC[C@@H](C(=O)NC(C)(C)C)N(Cc1cccc(C)c1)C(=O)CN(c1ccc(Cl)cc1Cl)S(=O)(=O)c1ccccc1. The van der Waals surface area contributed by atoms with Crippen LogP contribution < -0.4 is 9.62 Å². The van der Waals surface area contributed by atoms with Crippen LogP contribution in [-0.4, -0.2) is 43.3 Å². The van der Waals surface area contributed by atoms with Crippen LogP contribution in [0.15, 0.2) is 77.7 Å². The third-order valence-corrected chi connectivity index (χ3v) is 8.42. The van der Waals surface area contributed by atoms with Gasteiger partial charge in [0, 0.05) is 17.1 Å². The number of carbonyl (C=O) groups excluding carboxylic acids is 2. The molecule has 0 saturated heterocycles. The Hall–Kier alpha value is -3.07. The Kier molecular flexibility index (Phi) is 10.3. The highest BCUT2D eigenvalue weighted by Gasteiger charge is 2.35. The van der Waals surface area contributed by atoms with Gasteiger partial charge in [-0.1, -0.05) is 78.2 Å². The second kappa shape index (κ2) is 13.1. The largest absolute Gasteiger partial charge is 0.350 e. The number of sulfonamides is 1. The summed E-state index contributed by atoms with van der Waals surface area (Å²) in [4.78, 5) is 28.9. The maximum absolute atomic E-state index is 14.1. The third-order valence-electron chi connectivity index (χ3n) is 6.11. The number of nitrogens with one attached hydrogen (secondary N) is 1. The minimum absolute atomic E-state index is 0.00318. The summed E-state index contributed by atoms with van der Waals surface area (Å²) >= 11 is 12.5. The van der Waals surface area contributed by atoms with E-state index < -0.39 is 34.1 Å². The van der Waals surface area contributed by atoms with Crippen LogP contribution in [0.3, 0.4) is 0 Å². The van der Waals surface area contributed by atoms with Crippen molar-refractivity contribution >= 4 is 50.7 Å². The first-order valence-corrected chi connectivity index (χ1v) is 15.1. The number of rotatable bonds is 10. The lowest BCUT2D eigenvalue weighted by Gasteiger charge is -2.35. The van der Waals surface area contributed by atoms with Gasteiger partial charge < -0.3 is 10.2 Å². The Balaban J connectivity index is 2.10. The van der Waals surface area contributed by atoms with Gasteiger partial charge >= 0.3 is 0 Å². The van der Waals surface area contributed by atoms with Gasteiger partial charge in [0.25, 0.3) is 10.0 Å². The molecule has 0 fully saturated rings. The summed E-state index contributed by atoms with van der Waals surface area (Å²) in [6, 6.07) is 19.0. The van der Waals surface area contributed by atoms with Gasteiger partial charge in [0.05, 0.1) is 15.6 Å². The lowest BCUT2D eigenvalue weighted by atomic mass is 10.0. The van der Waals surface area contributed by atoms with E-state index in [0.29, 0.717) is 11.4 Å². The fourth-order valence-corrected chi connectivity index (χ4v) is 6.31. The smallest absolute Gasteiger partial charge is 0.264 e. The lowest BCUT2D eigenvalue weighted by molar-refractivity contribution is -0.141. The topological polar surface area (TPSA) is 86.8 Å². The zero-order valence-electron chi connectivity index (χ0n) is 23.3. The molecule has 0 aliphatic rings. The summed E-state index contributed by atoms with van der Waals surface area (Å²) in [6.07, 6.45) is 0.326. The summed E-state index contributed by atoms with van der Waals surface area (Å²) in [5.41, 5.74) is 1.39. The predicted octanol–water partition coefficient (Wildman–Crippen LogP) is 6.22. The highest BCUT2D eigenvalue weighted by Crippen LogP contribution is 2.33. The van der Waals surface area contributed by atoms with Crippen LogP contribution in [0.5, 0.6) is 0 Å². The molecule has 10 heteroatoms. The molecular weight excluding hydrogens is 569 g/mol. The Bertz CT molecular complexity index is 1460. The zero-order valence-corrected chi connectivity index (χ0v) is 25.6. The van der Waals surface area contributed by atoms with Crippen LogP contribution in [0.4, 0.5) is 5.69 Å². The summed E-state index contributed by atoms with van der Waals surface area (Å²) in [5, 5.41) is 3.35. The van der Waals surface area contributed by atoms with Gasteiger partial charge in [0.1, 0.15) is 12.6 Å².